The summed E-state index contributed by atoms with van der Waals surface area (Å²) in [4.78, 5) is 7.25. The van der Waals surface area contributed by atoms with E-state index in [1.165, 1.54) is 16.3 Å². The minimum absolute atomic E-state index is 0.599. The van der Waals surface area contributed by atoms with Crippen molar-refractivity contribution in [2.24, 2.45) is 0 Å². The molecule has 0 saturated carbocycles. The van der Waals surface area contributed by atoms with Crippen LogP contribution in [0.25, 0.3) is 82.8 Å². The molecule has 0 radical (unpaired) electrons. The Hall–Kier alpha value is -7.11. The van der Waals surface area contributed by atoms with Gasteiger partial charge in [0.15, 0.2) is 5.58 Å². The molecule has 0 bridgehead atoms. The molecule has 5 nitrogen and oxygen atoms in total. The van der Waals surface area contributed by atoms with E-state index in [1.54, 1.807) is 0 Å². The fourth-order valence-electron chi connectivity index (χ4n) is 7.79. The first-order chi connectivity index (χ1) is 25.8. The maximum atomic E-state index is 6.39. The molecule has 244 valence electrons. The minimum atomic E-state index is 0.599. The van der Waals surface area contributed by atoms with Gasteiger partial charge in [0, 0.05) is 61.3 Å². The summed E-state index contributed by atoms with van der Waals surface area (Å²) < 4.78 is 15.0. The third-order valence-corrected chi connectivity index (χ3v) is 10.2. The molecule has 0 N–H and O–H groups in total. The number of nitrogens with zero attached hydrogens (tertiary/aromatic N) is 3. The number of fused-ring (bicyclic) bond motifs is 9. The van der Waals surface area contributed by atoms with E-state index in [2.05, 4.69) is 155 Å². The van der Waals surface area contributed by atoms with Crippen LogP contribution >= 0.6 is 0 Å². The number of rotatable bonds is 5. The molecule has 8 aromatic carbocycles. The van der Waals surface area contributed by atoms with E-state index in [1.807, 2.05) is 30.3 Å². The van der Waals surface area contributed by atoms with Crippen molar-refractivity contribution in [3.8, 4) is 17.1 Å². The number of hydrogen-bond acceptors (Lipinski definition) is 4. The van der Waals surface area contributed by atoms with E-state index in [-0.39, 0.29) is 0 Å². The second-order valence-electron chi connectivity index (χ2n) is 13.2. The number of hydrogen-bond donors (Lipinski definition) is 0. The molecule has 0 saturated heterocycles. The van der Waals surface area contributed by atoms with Crippen molar-refractivity contribution in [1.82, 2.24) is 9.55 Å². The SMILES string of the molecule is c1ccc(-n2c3ccccc3c3ccc(N(c4ccc(-c5nc6c(ccc7ccccc76)o5)cc4)c4ccc5c(c4)oc4ccccc45)cc32)cc1. The average molecular weight is 668 g/mol. The molecule has 5 heteroatoms. The second kappa shape index (κ2) is 11.2. The van der Waals surface area contributed by atoms with E-state index in [0.717, 1.165) is 77.6 Å². The van der Waals surface area contributed by atoms with Gasteiger partial charge in [0.05, 0.1) is 11.0 Å². The van der Waals surface area contributed by atoms with Crippen LogP contribution in [-0.2, 0) is 0 Å². The Morgan fingerprint density at radius 2 is 1.08 bits per heavy atom. The van der Waals surface area contributed by atoms with Crippen molar-refractivity contribution in [1.29, 1.82) is 0 Å². The van der Waals surface area contributed by atoms with Gasteiger partial charge in [-0.1, -0.05) is 91.0 Å². The highest BCUT2D eigenvalue weighted by Gasteiger charge is 2.20. The Labute approximate surface area is 298 Å². The van der Waals surface area contributed by atoms with Gasteiger partial charge in [-0.25, -0.2) is 4.98 Å². The van der Waals surface area contributed by atoms with E-state index in [0.29, 0.717) is 5.89 Å². The van der Waals surface area contributed by atoms with Gasteiger partial charge < -0.3 is 18.3 Å². The number of anilines is 3. The molecular formula is C47H29N3O2. The summed E-state index contributed by atoms with van der Waals surface area (Å²) in [7, 11) is 0. The maximum absolute atomic E-state index is 6.39. The van der Waals surface area contributed by atoms with Gasteiger partial charge in [-0.05, 0) is 84.2 Å². The zero-order valence-electron chi connectivity index (χ0n) is 27.9. The van der Waals surface area contributed by atoms with Crippen LogP contribution in [0.5, 0.6) is 0 Å². The van der Waals surface area contributed by atoms with Crippen LogP contribution in [0, 0.1) is 0 Å². The molecule has 11 aromatic rings. The van der Waals surface area contributed by atoms with Crippen LogP contribution < -0.4 is 4.90 Å². The topological polar surface area (TPSA) is 47.3 Å². The maximum Gasteiger partial charge on any atom is 0.227 e. The van der Waals surface area contributed by atoms with E-state index < -0.39 is 0 Å². The zero-order chi connectivity index (χ0) is 34.2. The van der Waals surface area contributed by atoms with Crippen LogP contribution in [-0.4, -0.2) is 9.55 Å². The van der Waals surface area contributed by atoms with Crippen LogP contribution in [0.15, 0.2) is 185 Å². The normalized spacial score (nSPS) is 11.8. The summed E-state index contributed by atoms with van der Waals surface area (Å²) in [6.45, 7) is 0. The fourth-order valence-corrected chi connectivity index (χ4v) is 7.79. The van der Waals surface area contributed by atoms with Crippen molar-refractivity contribution < 1.29 is 8.83 Å². The van der Waals surface area contributed by atoms with E-state index >= 15 is 0 Å². The molecule has 0 unspecified atom stereocenters. The molecule has 0 fully saturated rings. The van der Waals surface area contributed by atoms with Gasteiger partial charge in [-0.15, -0.1) is 0 Å². The average Bonchev–Trinajstić information content (AvgIpc) is 3.90. The first kappa shape index (κ1) is 28.7. The van der Waals surface area contributed by atoms with Gasteiger partial charge in [-0.3, -0.25) is 0 Å². The summed E-state index contributed by atoms with van der Waals surface area (Å²) >= 11 is 0. The molecule has 0 atom stereocenters. The van der Waals surface area contributed by atoms with Gasteiger partial charge >= 0.3 is 0 Å². The predicted molar refractivity (Wildman–Crippen MR) is 213 cm³/mol. The molecule has 3 heterocycles. The number of benzene rings is 8. The lowest BCUT2D eigenvalue weighted by atomic mass is 10.1. The van der Waals surface area contributed by atoms with Crippen LogP contribution in [0.1, 0.15) is 0 Å². The molecule has 0 aliphatic carbocycles. The molecule has 0 aliphatic heterocycles. The highest BCUT2D eigenvalue weighted by atomic mass is 16.3. The number of para-hydroxylation sites is 3. The molecule has 0 aliphatic rings. The van der Waals surface area contributed by atoms with Gasteiger partial charge in [-0.2, -0.15) is 0 Å². The summed E-state index contributed by atoms with van der Waals surface area (Å²) in [5.74, 6) is 0.599. The smallest absolute Gasteiger partial charge is 0.227 e. The Morgan fingerprint density at radius 1 is 0.423 bits per heavy atom. The van der Waals surface area contributed by atoms with Gasteiger partial charge in [0.25, 0.3) is 0 Å². The third-order valence-electron chi connectivity index (χ3n) is 10.2. The summed E-state index contributed by atoms with van der Waals surface area (Å²) in [5.41, 5.74) is 10.8. The molecular weight excluding hydrogens is 639 g/mol. The van der Waals surface area contributed by atoms with Crippen LogP contribution in [0.4, 0.5) is 17.1 Å². The Balaban J connectivity index is 1.09. The summed E-state index contributed by atoms with van der Waals surface area (Å²) in [6, 6.07) is 61.5. The van der Waals surface area contributed by atoms with Gasteiger partial charge in [0.2, 0.25) is 5.89 Å². The quantitative estimate of drug-likeness (QED) is 0.183. The second-order valence-corrected chi connectivity index (χ2v) is 13.2. The lowest BCUT2D eigenvalue weighted by molar-refractivity contribution is 0.620. The minimum Gasteiger partial charge on any atom is -0.456 e. The monoisotopic (exact) mass is 667 g/mol. The van der Waals surface area contributed by atoms with Gasteiger partial charge in [0.1, 0.15) is 16.7 Å². The van der Waals surface area contributed by atoms with Crippen LogP contribution in [0.2, 0.25) is 0 Å². The first-order valence-corrected chi connectivity index (χ1v) is 17.5. The van der Waals surface area contributed by atoms with Crippen molar-refractivity contribution in [2.75, 3.05) is 4.90 Å². The standard InChI is InChI=1S/C47H29N3O2/c1-2-11-32(12-3-1)50-41-16-8-6-14-37(41)38-25-23-34(28-42(38)50)49(35-24-26-40-39-15-7-9-17-43(39)51-45(40)29-35)33-21-18-31(19-22-33)47-48-46-36-13-5-4-10-30(36)20-27-44(46)52-47/h1-29H. The highest BCUT2D eigenvalue weighted by molar-refractivity contribution is 6.11. The Bertz CT molecular complexity index is 3130. The third kappa shape index (κ3) is 4.39. The number of oxazole rings is 1. The summed E-state index contributed by atoms with van der Waals surface area (Å²) in [6.07, 6.45) is 0. The van der Waals surface area contributed by atoms with Crippen LogP contribution in [0.3, 0.4) is 0 Å². The lowest BCUT2D eigenvalue weighted by Crippen LogP contribution is -2.10. The van der Waals surface area contributed by atoms with E-state index in [9.17, 15) is 0 Å². The van der Waals surface area contributed by atoms with Crippen molar-refractivity contribution >= 4 is 82.7 Å². The summed E-state index contributed by atoms with van der Waals surface area (Å²) in [5, 5.41) is 6.86. The molecule has 0 amide bonds. The molecule has 52 heavy (non-hydrogen) atoms. The van der Waals surface area contributed by atoms with E-state index in [4.69, 9.17) is 13.8 Å². The lowest BCUT2D eigenvalue weighted by Gasteiger charge is -2.26. The molecule has 3 aromatic heterocycles. The first-order valence-electron chi connectivity index (χ1n) is 17.5. The highest BCUT2D eigenvalue weighted by Crippen LogP contribution is 2.42. The van der Waals surface area contributed by atoms with Crippen molar-refractivity contribution in [3.63, 3.8) is 0 Å². The Morgan fingerprint density at radius 3 is 1.94 bits per heavy atom. The Kier molecular flexibility index (Phi) is 6.18. The number of furan rings is 1. The van der Waals surface area contributed by atoms with Crippen molar-refractivity contribution in [3.05, 3.63) is 176 Å². The predicted octanol–water partition coefficient (Wildman–Crippen LogP) is 13.1. The number of aromatic nitrogens is 2. The zero-order valence-corrected chi connectivity index (χ0v) is 27.9. The fraction of sp³-hybridized carbons (Fsp3) is 0. The van der Waals surface area contributed by atoms with Crippen molar-refractivity contribution in [2.45, 2.75) is 0 Å². The largest absolute Gasteiger partial charge is 0.456 e. The molecule has 0 spiro atoms. The molecule has 11 rings (SSSR count).